The Labute approximate surface area is 164 Å². The molecule has 0 aliphatic heterocycles. The maximum absolute atomic E-state index is 2.43. The molecule has 1 aromatic carbocycles. The van der Waals surface area contributed by atoms with Gasteiger partial charge in [0.2, 0.25) is 0 Å². The summed E-state index contributed by atoms with van der Waals surface area (Å²) in [6.45, 7) is 11.1. The molecule has 0 saturated carbocycles. The van der Waals surface area contributed by atoms with Crippen LogP contribution < -0.4 is 24.8 Å². The normalized spacial score (nSPS) is 12.3. The number of allylic oxidation sites excluding steroid dienone is 4. The first-order valence-electron chi connectivity index (χ1n) is 7.71. The molecule has 0 saturated heterocycles. The molecule has 0 heterocycles. The van der Waals surface area contributed by atoms with E-state index < -0.39 is 0 Å². The van der Waals surface area contributed by atoms with Gasteiger partial charge in [0.05, 0.1) is 0 Å². The molecular formula is C19H27Cl2Zr-. The Morgan fingerprint density at radius 3 is 1.91 bits per heavy atom. The third-order valence-electron chi connectivity index (χ3n) is 3.63. The summed E-state index contributed by atoms with van der Waals surface area (Å²) in [5, 5.41) is 0. The summed E-state index contributed by atoms with van der Waals surface area (Å²) >= 11 is 1.55. The Morgan fingerprint density at radius 1 is 1.05 bits per heavy atom. The molecule has 0 unspecified atom stereocenters. The van der Waals surface area contributed by atoms with Gasteiger partial charge in [-0.3, -0.25) is 0 Å². The molecule has 0 amide bonds. The second kappa shape index (κ2) is 12.6. The van der Waals surface area contributed by atoms with Crippen molar-refractivity contribution in [2.45, 2.75) is 59.8 Å². The van der Waals surface area contributed by atoms with Crippen LogP contribution in [0.5, 0.6) is 0 Å². The van der Waals surface area contributed by atoms with E-state index >= 15 is 0 Å². The van der Waals surface area contributed by atoms with Crippen molar-refractivity contribution in [2.24, 2.45) is 0 Å². The Kier molecular flexibility index (Phi) is 13.9. The molecule has 1 aromatic rings. The van der Waals surface area contributed by atoms with Crippen LogP contribution in [-0.4, -0.2) is 3.21 Å². The van der Waals surface area contributed by atoms with Gasteiger partial charge in [-0.1, -0.05) is 64.3 Å². The molecule has 0 fully saturated rings. The standard InChI is InChI=1S/C16H21.C3H6.2ClH.Zr/c1-4-12-11-16(13-9-7-8-10-13)15(6-3)14(12)5-2;1-3-2;;;/h7-11,13H,4-6H2,1-3H3;1-2H3;2*1H;/q-1;;;;+2/p-2. The molecule has 122 valence electrons. The van der Waals surface area contributed by atoms with Gasteiger partial charge in [0.25, 0.3) is 0 Å². The quantitative estimate of drug-likeness (QED) is 0.555. The molecule has 0 atom stereocenters. The summed E-state index contributed by atoms with van der Waals surface area (Å²) in [6, 6.07) is 2.43. The van der Waals surface area contributed by atoms with Gasteiger partial charge in [-0.25, -0.2) is 0 Å². The van der Waals surface area contributed by atoms with Crippen molar-refractivity contribution >= 4 is 3.21 Å². The molecule has 0 radical (unpaired) electrons. The van der Waals surface area contributed by atoms with E-state index in [-0.39, 0.29) is 24.8 Å². The fraction of sp³-hybridized carbons (Fsp3) is 0.474. The molecule has 22 heavy (non-hydrogen) atoms. The molecule has 0 bridgehead atoms. The van der Waals surface area contributed by atoms with Crippen molar-refractivity contribution in [1.82, 2.24) is 0 Å². The average Bonchev–Trinajstić information content (AvgIpc) is 3.03. The average molecular weight is 418 g/mol. The molecule has 3 heteroatoms. The van der Waals surface area contributed by atoms with Crippen molar-refractivity contribution in [3.8, 4) is 0 Å². The predicted octanol–water partition coefficient (Wildman–Crippen LogP) is -0.944. The zero-order chi connectivity index (χ0) is 15.1. The minimum absolute atomic E-state index is 0. The second-order valence-corrected chi connectivity index (χ2v) is 7.90. The molecule has 0 spiro atoms. The minimum Gasteiger partial charge on any atom is -1.00 e. The number of hydrogen-bond acceptors (Lipinski definition) is 0. The fourth-order valence-electron chi connectivity index (χ4n) is 2.84. The summed E-state index contributed by atoms with van der Waals surface area (Å²) in [5.41, 5.74) is 6.30. The third kappa shape index (κ3) is 6.73. The molecule has 1 aliphatic rings. The van der Waals surface area contributed by atoms with E-state index in [1.54, 1.807) is 46.5 Å². The monoisotopic (exact) mass is 415 g/mol. The Balaban J connectivity index is 0. The minimum atomic E-state index is 0. The number of rotatable bonds is 4. The van der Waals surface area contributed by atoms with Gasteiger partial charge in [0.15, 0.2) is 0 Å². The van der Waals surface area contributed by atoms with Crippen LogP contribution in [0.15, 0.2) is 30.4 Å². The maximum atomic E-state index is 2.43. The fourth-order valence-corrected chi connectivity index (χ4v) is 2.84. The maximum Gasteiger partial charge on any atom is -1.00 e. The van der Waals surface area contributed by atoms with Gasteiger partial charge in [-0.2, -0.15) is 28.3 Å². The van der Waals surface area contributed by atoms with Crippen molar-refractivity contribution in [2.75, 3.05) is 0 Å². The van der Waals surface area contributed by atoms with Crippen LogP contribution in [0.3, 0.4) is 0 Å². The van der Waals surface area contributed by atoms with Crippen molar-refractivity contribution in [3.05, 3.63) is 52.6 Å². The van der Waals surface area contributed by atoms with Crippen LogP contribution in [0.25, 0.3) is 0 Å². The molecule has 0 aromatic heterocycles. The number of aryl methyl sites for hydroxylation is 1. The van der Waals surface area contributed by atoms with E-state index in [4.69, 9.17) is 0 Å². The Hall–Kier alpha value is 0.163. The SMILES string of the molecule is CCc1c(C2C=CC=C2)c[c-](CC)c1CC.C[C](C)=[Zr+2].[Cl-].[Cl-]. The van der Waals surface area contributed by atoms with Crippen LogP contribution in [0, 0.1) is 0 Å². The van der Waals surface area contributed by atoms with E-state index in [0.717, 1.165) is 12.8 Å². The van der Waals surface area contributed by atoms with Crippen molar-refractivity contribution < 1.29 is 49.0 Å². The van der Waals surface area contributed by atoms with E-state index in [1.165, 1.54) is 9.63 Å². The zero-order valence-electron chi connectivity index (χ0n) is 14.3. The summed E-state index contributed by atoms with van der Waals surface area (Å²) in [7, 11) is 0. The topological polar surface area (TPSA) is 0 Å². The van der Waals surface area contributed by atoms with Crippen LogP contribution in [0.1, 0.15) is 62.8 Å². The second-order valence-electron chi connectivity index (χ2n) is 5.44. The predicted molar refractivity (Wildman–Crippen MR) is 87.5 cm³/mol. The third-order valence-corrected chi connectivity index (χ3v) is 3.63. The largest absolute Gasteiger partial charge is 1.00 e. The van der Waals surface area contributed by atoms with Crippen LogP contribution >= 0.6 is 0 Å². The molecule has 0 nitrogen and oxygen atoms in total. The van der Waals surface area contributed by atoms with Gasteiger partial charge < -0.3 is 24.8 Å². The van der Waals surface area contributed by atoms with Crippen LogP contribution in [-0.2, 0) is 43.5 Å². The smallest absolute Gasteiger partial charge is 1.00 e. The van der Waals surface area contributed by atoms with Crippen LogP contribution in [0.2, 0.25) is 0 Å². The summed E-state index contributed by atoms with van der Waals surface area (Å²) < 4.78 is 1.51. The summed E-state index contributed by atoms with van der Waals surface area (Å²) in [6.07, 6.45) is 12.4. The van der Waals surface area contributed by atoms with Gasteiger partial charge >= 0.3 is 41.3 Å². The van der Waals surface area contributed by atoms with E-state index in [2.05, 4.69) is 65.0 Å². The van der Waals surface area contributed by atoms with E-state index in [1.807, 2.05) is 0 Å². The summed E-state index contributed by atoms with van der Waals surface area (Å²) in [4.78, 5) is 0. The van der Waals surface area contributed by atoms with E-state index in [0.29, 0.717) is 5.92 Å². The first kappa shape index (κ1) is 24.4. The van der Waals surface area contributed by atoms with Crippen LogP contribution in [0.4, 0.5) is 0 Å². The number of hydrogen-bond donors (Lipinski definition) is 0. The van der Waals surface area contributed by atoms with Gasteiger partial charge in [-0.05, 0) is 5.92 Å². The first-order chi connectivity index (χ1) is 9.54. The van der Waals surface area contributed by atoms with Crippen molar-refractivity contribution in [3.63, 3.8) is 0 Å². The summed E-state index contributed by atoms with van der Waals surface area (Å²) in [5.74, 6) is 0.528. The Bertz CT molecular complexity index is 494. The van der Waals surface area contributed by atoms with E-state index in [9.17, 15) is 0 Å². The van der Waals surface area contributed by atoms with Gasteiger partial charge in [0.1, 0.15) is 0 Å². The van der Waals surface area contributed by atoms with Crippen molar-refractivity contribution in [1.29, 1.82) is 0 Å². The van der Waals surface area contributed by atoms with Gasteiger partial charge in [-0.15, -0.1) is 0 Å². The molecule has 2 rings (SSSR count). The first-order valence-corrected chi connectivity index (χ1v) is 8.94. The number of halogens is 2. The molecule has 1 aliphatic carbocycles. The Morgan fingerprint density at radius 2 is 1.55 bits per heavy atom. The molecular weight excluding hydrogens is 390 g/mol. The van der Waals surface area contributed by atoms with Gasteiger partial charge in [0, 0.05) is 0 Å². The molecule has 0 N–H and O–H groups in total. The zero-order valence-corrected chi connectivity index (χ0v) is 18.3.